The first-order valence-corrected chi connectivity index (χ1v) is 5.46. The number of nitrogens with zero attached hydrogens (tertiary/aromatic N) is 1. The van der Waals surface area contributed by atoms with E-state index in [1.807, 2.05) is 12.3 Å². The van der Waals surface area contributed by atoms with Crippen LogP contribution in [0.25, 0.3) is 0 Å². The van der Waals surface area contributed by atoms with Crippen molar-refractivity contribution in [1.82, 2.24) is 4.98 Å². The standard InChI is InChI=1S/C12H20N2O/c1-15-9-3-5-12(13)7-6-11-4-2-8-14-10-11/h2,4,8,10,12H,3,5-7,9,13H2,1H3. The molecule has 1 heterocycles. The zero-order valence-electron chi connectivity index (χ0n) is 9.36. The van der Waals surface area contributed by atoms with E-state index >= 15 is 0 Å². The predicted molar refractivity (Wildman–Crippen MR) is 61.6 cm³/mol. The Morgan fingerprint density at radius 1 is 1.47 bits per heavy atom. The fraction of sp³-hybridized carbons (Fsp3) is 0.583. The maximum absolute atomic E-state index is 5.99. The van der Waals surface area contributed by atoms with Crippen molar-refractivity contribution in [2.45, 2.75) is 31.7 Å². The molecule has 84 valence electrons. The van der Waals surface area contributed by atoms with E-state index in [0.717, 1.165) is 32.3 Å². The Kier molecular flexibility index (Phi) is 5.97. The summed E-state index contributed by atoms with van der Waals surface area (Å²) >= 11 is 0. The summed E-state index contributed by atoms with van der Waals surface area (Å²) in [5.74, 6) is 0. The number of nitrogens with two attached hydrogens (primary N) is 1. The third-order valence-electron chi connectivity index (χ3n) is 2.45. The average Bonchev–Trinajstić information content (AvgIpc) is 2.28. The molecule has 1 unspecified atom stereocenters. The van der Waals surface area contributed by atoms with Crippen LogP contribution >= 0.6 is 0 Å². The number of ether oxygens (including phenoxy) is 1. The molecule has 0 aliphatic rings. The summed E-state index contributed by atoms with van der Waals surface area (Å²) in [5, 5.41) is 0. The Morgan fingerprint density at radius 3 is 3.00 bits per heavy atom. The molecule has 0 aromatic carbocycles. The Hall–Kier alpha value is -0.930. The van der Waals surface area contributed by atoms with Gasteiger partial charge in [0.15, 0.2) is 0 Å². The fourth-order valence-corrected chi connectivity index (χ4v) is 1.53. The summed E-state index contributed by atoms with van der Waals surface area (Å²) in [6.07, 6.45) is 7.82. The van der Waals surface area contributed by atoms with Crippen LogP contribution in [0.15, 0.2) is 24.5 Å². The third-order valence-corrected chi connectivity index (χ3v) is 2.45. The molecule has 1 aromatic rings. The van der Waals surface area contributed by atoms with Gasteiger partial charge in [0.1, 0.15) is 0 Å². The van der Waals surface area contributed by atoms with Crippen LogP contribution in [0.2, 0.25) is 0 Å². The molecule has 0 aliphatic heterocycles. The molecule has 0 aliphatic carbocycles. The highest BCUT2D eigenvalue weighted by molar-refractivity contribution is 5.08. The van der Waals surface area contributed by atoms with E-state index in [-0.39, 0.29) is 6.04 Å². The van der Waals surface area contributed by atoms with Crippen LogP contribution in [0.5, 0.6) is 0 Å². The molecule has 0 saturated heterocycles. The van der Waals surface area contributed by atoms with E-state index in [1.165, 1.54) is 5.56 Å². The quantitative estimate of drug-likeness (QED) is 0.695. The van der Waals surface area contributed by atoms with Crippen molar-refractivity contribution in [1.29, 1.82) is 0 Å². The van der Waals surface area contributed by atoms with Gasteiger partial charge in [-0.15, -0.1) is 0 Å². The zero-order valence-corrected chi connectivity index (χ0v) is 9.36. The van der Waals surface area contributed by atoms with Crippen molar-refractivity contribution in [2.75, 3.05) is 13.7 Å². The van der Waals surface area contributed by atoms with Crippen LogP contribution in [0.3, 0.4) is 0 Å². The summed E-state index contributed by atoms with van der Waals surface area (Å²) in [4.78, 5) is 4.08. The van der Waals surface area contributed by atoms with Gasteiger partial charge in [0.2, 0.25) is 0 Å². The van der Waals surface area contributed by atoms with Gasteiger partial charge in [-0.1, -0.05) is 6.07 Å². The molecule has 3 nitrogen and oxygen atoms in total. The fourth-order valence-electron chi connectivity index (χ4n) is 1.53. The van der Waals surface area contributed by atoms with Crippen LogP contribution in [0, 0.1) is 0 Å². The van der Waals surface area contributed by atoms with Gasteiger partial charge in [0.05, 0.1) is 0 Å². The first-order chi connectivity index (χ1) is 7.33. The van der Waals surface area contributed by atoms with Gasteiger partial charge < -0.3 is 10.5 Å². The molecule has 15 heavy (non-hydrogen) atoms. The number of hydrogen-bond acceptors (Lipinski definition) is 3. The van der Waals surface area contributed by atoms with Crippen molar-refractivity contribution in [3.8, 4) is 0 Å². The lowest BCUT2D eigenvalue weighted by molar-refractivity contribution is 0.190. The lowest BCUT2D eigenvalue weighted by Crippen LogP contribution is -2.21. The minimum Gasteiger partial charge on any atom is -0.385 e. The molecule has 0 fully saturated rings. The highest BCUT2D eigenvalue weighted by Gasteiger charge is 2.02. The number of rotatable bonds is 7. The molecule has 0 bridgehead atoms. The summed E-state index contributed by atoms with van der Waals surface area (Å²) < 4.78 is 4.99. The number of methoxy groups -OCH3 is 1. The summed E-state index contributed by atoms with van der Waals surface area (Å²) in [6.45, 7) is 0.806. The Labute approximate surface area is 91.7 Å². The van der Waals surface area contributed by atoms with Gasteiger partial charge in [-0.2, -0.15) is 0 Å². The van der Waals surface area contributed by atoms with Crippen LogP contribution < -0.4 is 5.73 Å². The van der Waals surface area contributed by atoms with E-state index in [0.29, 0.717) is 0 Å². The van der Waals surface area contributed by atoms with Crippen molar-refractivity contribution in [2.24, 2.45) is 5.73 Å². The van der Waals surface area contributed by atoms with E-state index < -0.39 is 0 Å². The van der Waals surface area contributed by atoms with Gasteiger partial charge in [0, 0.05) is 32.2 Å². The summed E-state index contributed by atoms with van der Waals surface area (Å²) in [5.41, 5.74) is 7.25. The van der Waals surface area contributed by atoms with Crippen molar-refractivity contribution < 1.29 is 4.74 Å². The second-order valence-electron chi connectivity index (χ2n) is 3.80. The monoisotopic (exact) mass is 208 g/mol. The maximum Gasteiger partial charge on any atom is 0.0462 e. The van der Waals surface area contributed by atoms with Gasteiger partial charge in [-0.3, -0.25) is 4.98 Å². The number of aromatic nitrogens is 1. The van der Waals surface area contributed by atoms with Gasteiger partial charge in [0.25, 0.3) is 0 Å². The minimum absolute atomic E-state index is 0.278. The Morgan fingerprint density at radius 2 is 2.33 bits per heavy atom. The van der Waals surface area contributed by atoms with E-state index in [9.17, 15) is 0 Å². The van der Waals surface area contributed by atoms with Crippen LogP contribution in [-0.4, -0.2) is 24.7 Å². The Balaban J connectivity index is 2.14. The molecule has 0 amide bonds. The highest BCUT2D eigenvalue weighted by Crippen LogP contribution is 2.06. The average molecular weight is 208 g/mol. The lowest BCUT2D eigenvalue weighted by Gasteiger charge is -2.10. The normalized spacial score (nSPS) is 12.7. The molecule has 1 rings (SSSR count). The second kappa shape index (κ2) is 7.37. The van der Waals surface area contributed by atoms with Crippen LogP contribution in [0.4, 0.5) is 0 Å². The first-order valence-electron chi connectivity index (χ1n) is 5.46. The first kappa shape index (κ1) is 12.1. The summed E-state index contributed by atoms with van der Waals surface area (Å²) in [6, 6.07) is 4.33. The van der Waals surface area contributed by atoms with Crippen LogP contribution in [-0.2, 0) is 11.2 Å². The van der Waals surface area contributed by atoms with Crippen molar-refractivity contribution >= 4 is 0 Å². The molecule has 0 radical (unpaired) electrons. The predicted octanol–water partition coefficient (Wildman–Crippen LogP) is 1.77. The molecule has 1 atom stereocenters. The van der Waals surface area contributed by atoms with E-state index in [1.54, 1.807) is 13.3 Å². The smallest absolute Gasteiger partial charge is 0.0462 e. The topological polar surface area (TPSA) is 48.1 Å². The Bertz CT molecular complexity index is 251. The number of hydrogen-bond donors (Lipinski definition) is 1. The van der Waals surface area contributed by atoms with Gasteiger partial charge in [-0.05, 0) is 37.3 Å². The third kappa shape index (κ3) is 5.50. The molecule has 2 N–H and O–H groups in total. The highest BCUT2D eigenvalue weighted by atomic mass is 16.5. The molecule has 0 spiro atoms. The van der Waals surface area contributed by atoms with E-state index in [2.05, 4.69) is 11.1 Å². The van der Waals surface area contributed by atoms with Crippen molar-refractivity contribution in [3.63, 3.8) is 0 Å². The largest absolute Gasteiger partial charge is 0.385 e. The molecule has 3 heteroatoms. The molecule has 0 saturated carbocycles. The van der Waals surface area contributed by atoms with Crippen LogP contribution in [0.1, 0.15) is 24.8 Å². The second-order valence-corrected chi connectivity index (χ2v) is 3.80. The van der Waals surface area contributed by atoms with Gasteiger partial charge in [-0.25, -0.2) is 0 Å². The lowest BCUT2D eigenvalue weighted by atomic mass is 10.0. The minimum atomic E-state index is 0.278. The summed E-state index contributed by atoms with van der Waals surface area (Å²) in [7, 11) is 1.72. The molecular weight excluding hydrogens is 188 g/mol. The van der Waals surface area contributed by atoms with Crippen molar-refractivity contribution in [3.05, 3.63) is 30.1 Å². The zero-order chi connectivity index (χ0) is 10.9. The maximum atomic E-state index is 5.99. The molecular formula is C12H20N2O. The number of pyridine rings is 1. The van der Waals surface area contributed by atoms with Gasteiger partial charge >= 0.3 is 0 Å². The SMILES string of the molecule is COCCCC(N)CCc1cccnc1. The molecule has 1 aromatic heterocycles. The van der Waals surface area contributed by atoms with E-state index in [4.69, 9.17) is 10.5 Å². The number of aryl methyl sites for hydroxylation is 1.